The summed E-state index contributed by atoms with van der Waals surface area (Å²) >= 11 is 0. The average Bonchev–Trinajstić information content (AvgIpc) is 2.29. The Morgan fingerprint density at radius 2 is 1.79 bits per heavy atom. The zero-order valence-electron chi connectivity index (χ0n) is 11.2. The van der Waals surface area contributed by atoms with Crippen LogP contribution >= 0.6 is 0 Å². The van der Waals surface area contributed by atoms with Gasteiger partial charge in [0.2, 0.25) is 5.92 Å². The maximum Gasteiger partial charge on any atom is 0.389 e. The summed E-state index contributed by atoms with van der Waals surface area (Å²) in [6, 6.07) is -0.294. The SMILES string of the molecule is CCCNC(CCC(F)(F)F)C1CCC(F)(F)CC1. The molecule has 0 heterocycles. The summed E-state index contributed by atoms with van der Waals surface area (Å²) in [5.41, 5.74) is 0. The molecule has 0 spiro atoms. The van der Waals surface area contributed by atoms with E-state index >= 15 is 0 Å². The molecule has 0 radical (unpaired) electrons. The van der Waals surface area contributed by atoms with Gasteiger partial charge in [0.25, 0.3) is 0 Å². The minimum Gasteiger partial charge on any atom is -0.314 e. The largest absolute Gasteiger partial charge is 0.389 e. The van der Waals surface area contributed by atoms with Crippen LogP contribution in [-0.4, -0.2) is 24.7 Å². The molecule has 1 aliphatic carbocycles. The third kappa shape index (κ3) is 6.54. The Morgan fingerprint density at radius 3 is 2.26 bits per heavy atom. The fourth-order valence-corrected chi connectivity index (χ4v) is 2.62. The molecule has 1 fully saturated rings. The summed E-state index contributed by atoms with van der Waals surface area (Å²) in [5.74, 6) is -2.69. The first-order valence-corrected chi connectivity index (χ1v) is 6.91. The van der Waals surface area contributed by atoms with Crippen LogP contribution in [0.3, 0.4) is 0 Å². The third-order valence-electron chi connectivity index (χ3n) is 3.73. The molecule has 0 bridgehead atoms. The maximum atomic E-state index is 13.1. The van der Waals surface area contributed by atoms with Crippen LogP contribution in [-0.2, 0) is 0 Å². The van der Waals surface area contributed by atoms with E-state index in [9.17, 15) is 22.0 Å². The summed E-state index contributed by atoms with van der Waals surface area (Å²) in [6.07, 6.45) is -3.99. The van der Waals surface area contributed by atoms with Crippen molar-refractivity contribution in [3.8, 4) is 0 Å². The normalized spacial score (nSPS) is 22.4. The zero-order valence-corrected chi connectivity index (χ0v) is 11.2. The van der Waals surface area contributed by atoms with Crippen molar-refractivity contribution in [3.63, 3.8) is 0 Å². The number of hydrogen-bond acceptors (Lipinski definition) is 1. The molecule has 0 aromatic rings. The Morgan fingerprint density at radius 1 is 1.21 bits per heavy atom. The summed E-state index contributed by atoms with van der Waals surface area (Å²) in [5, 5.41) is 3.09. The highest BCUT2D eigenvalue weighted by Gasteiger charge is 2.38. The Hall–Kier alpha value is -0.390. The van der Waals surface area contributed by atoms with Gasteiger partial charge in [-0.2, -0.15) is 13.2 Å². The van der Waals surface area contributed by atoms with E-state index in [0.717, 1.165) is 6.42 Å². The Labute approximate surface area is 110 Å². The molecule has 1 aliphatic rings. The predicted octanol–water partition coefficient (Wildman–Crippen LogP) is 4.52. The van der Waals surface area contributed by atoms with Crippen LogP contribution in [0.15, 0.2) is 0 Å². The first-order chi connectivity index (χ1) is 8.73. The number of halogens is 5. The zero-order chi connectivity index (χ0) is 14.5. The topological polar surface area (TPSA) is 12.0 Å². The lowest BCUT2D eigenvalue weighted by Gasteiger charge is -2.34. The Kier molecular flexibility index (Phi) is 6.02. The van der Waals surface area contributed by atoms with E-state index in [2.05, 4.69) is 5.32 Å². The van der Waals surface area contributed by atoms with Gasteiger partial charge in [-0.05, 0) is 38.1 Å². The highest BCUT2D eigenvalue weighted by molar-refractivity contribution is 4.85. The minimum absolute atomic E-state index is 0.0141. The van der Waals surface area contributed by atoms with Crippen molar-refractivity contribution in [1.29, 1.82) is 0 Å². The molecule has 1 unspecified atom stereocenters. The van der Waals surface area contributed by atoms with Gasteiger partial charge in [-0.15, -0.1) is 0 Å². The van der Waals surface area contributed by atoms with Gasteiger partial charge < -0.3 is 5.32 Å². The smallest absolute Gasteiger partial charge is 0.314 e. The van der Waals surface area contributed by atoms with Crippen molar-refractivity contribution >= 4 is 0 Å². The van der Waals surface area contributed by atoms with E-state index in [4.69, 9.17) is 0 Å². The first-order valence-electron chi connectivity index (χ1n) is 6.91. The van der Waals surface area contributed by atoms with Crippen LogP contribution in [0.4, 0.5) is 22.0 Å². The van der Waals surface area contributed by atoms with Gasteiger partial charge in [-0.1, -0.05) is 6.92 Å². The standard InChI is InChI=1S/C13H22F5N/c1-2-9-19-11(5-8-13(16,17)18)10-3-6-12(14,15)7-4-10/h10-11,19H,2-9H2,1H3. The lowest BCUT2D eigenvalue weighted by Crippen LogP contribution is -2.41. The number of alkyl halides is 5. The van der Waals surface area contributed by atoms with Gasteiger partial charge >= 0.3 is 6.18 Å². The molecule has 6 heteroatoms. The van der Waals surface area contributed by atoms with E-state index in [-0.39, 0.29) is 31.2 Å². The van der Waals surface area contributed by atoms with Gasteiger partial charge in [0, 0.05) is 25.3 Å². The molecule has 1 N–H and O–H groups in total. The van der Waals surface area contributed by atoms with Gasteiger partial charge in [0.15, 0.2) is 0 Å². The van der Waals surface area contributed by atoms with Gasteiger partial charge in [-0.25, -0.2) is 8.78 Å². The fourth-order valence-electron chi connectivity index (χ4n) is 2.62. The summed E-state index contributed by atoms with van der Waals surface area (Å²) < 4.78 is 63.0. The Bertz CT molecular complexity index is 254. The molecule has 0 saturated heterocycles. The van der Waals surface area contributed by atoms with Crippen molar-refractivity contribution in [2.24, 2.45) is 5.92 Å². The van der Waals surface area contributed by atoms with Gasteiger partial charge in [0.1, 0.15) is 0 Å². The molecule has 1 rings (SSSR count). The molecular formula is C13H22F5N. The van der Waals surface area contributed by atoms with Crippen molar-refractivity contribution < 1.29 is 22.0 Å². The highest BCUT2D eigenvalue weighted by Crippen LogP contribution is 2.38. The van der Waals surface area contributed by atoms with Crippen LogP contribution < -0.4 is 5.32 Å². The second-order valence-corrected chi connectivity index (χ2v) is 5.41. The monoisotopic (exact) mass is 287 g/mol. The van der Waals surface area contributed by atoms with Crippen LogP contribution in [0.1, 0.15) is 51.9 Å². The second-order valence-electron chi connectivity index (χ2n) is 5.41. The van der Waals surface area contributed by atoms with E-state index in [0.29, 0.717) is 19.4 Å². The Balaban J connectivity index is 2.49. The molecule has 19 heavy (non-hydrogen) atoms. The van der Waals surface area contributed by atoms with Crippen LogP contribution in [0.25, 0.3) is 0 Å². The van der Waals surface area contributed by atoms with Gasteiger partial charge in [-0.3, -0.25) is 0 Å². The van der Waals surface area contributed by atoms with E-state index in [1.54, 1.807) is 0 Å². The lowest BCUT2D eigenvalue weighted by molar-refractivity contribution is -0.138. The third-order valence-corrected chi connectivity index (χ3v) is 3.73. The molecule has 114 valence electrons. The number of hydrogen-bond donors (Lipinski definition) is 1. The predicted molar refractivity (Wildman–Crippen MR) is 64.3 cm³/mol. The van der Waals surface area contributed by atoms with Crippen molar-refractivity contribution in [2.75, 3.05) is 6.54 Å². The van der Waals surface area contributed by atoms with Crippen molar-refractivity contribution in [3.05, 3.63) is 0 Å². The molecule has 1 saturated carbocycles. The molecule has 0 aromatic heterocycles. The maximum absolute atomic E-state index is 13.1. The molecule has 0 aromatic carbocycles. The molecule has 1 atom stereocenters. The van der Waals surface area contributed by atoms with E-state index in [1.807, 2.05) is 6.92 Å². The average molecular weight is 287 g/mol. The molecule has 0 aliphatic heterocycles. The number of rotatable bonds is 6. The first kappa shape index (κ1) is 16.7. The van der Waals surface area contributed by atoms with Crippen molar-refractivity contribution in [2.45, 2.75) is 70.0 Å². The van der Waals surface area contributed by atoms with E-state index < -0.39 is 18.5 Å². The molecule has 1 nitrogen and oxygen atoms in total. The van der Waals surface area contributed by atoms with Gasteiger partial charge in [0.05, 0.1) is 0 Å². The van der Waals surface area contributed by atoms with Crippen LogP contribution in [0.5, 0.6) is 0 Å². The second kappa shape index (κ2) is 6.86. The minimum atomic E-state index is -4.18. The van der Waals surface area contributed by atoms with E-state index in [1.165, 1.54) is 0 Å². The summed E-state index contributed by atoms with van der Waals surface area (Å²) in [4.78, 5) is 0. The summed E-state index contributed by atoms with van der Waals surface area (Å²) in [6.45, 7) is 2.57. The highest BCUT2D eigenvalue weighted by atomic mass is 19.4. The van der Waals surface area contributed by atoms with Crippen LogP contribution in [0, 0.1) is 5.92 Å². The molecule has 0 amide bonds. The fraction of sp³-hybridized carbons (Fsp3) is 1.00. The summed E-state index contributed by atoms with van der Waals surface area (Å²) in [7, 11) is 0. The molecular weight excluding hydrogens is 265 g/mol. The quantitative estimate of drug-likeness (QED) is 0.708. The lowest BCUT2D eigenvalue weighted by atomic mass is 9.80. The number of nitrogens with one attached hydrogen (secondary N) is 1. The van der Waals surface area contributed by atoms with Crippen molar-refractivity contribution in [1.82, 2.24) is 5.32 Å². The van der Waals surface area contributed by atoms with Crippen LogP contribution in [0.2, 0.25) is 0 Å².